The van der Waals surface area contributed by atoms with E-state index in [1.165, 1.54) is 12.1 Å². The number of hydrogen-bond donors (Lipinski definition) is 2. The lowest BCUT2D eigenvalue weighted by Crippen LogP contribution is -2.25. The number of nitrogens with one attached hydrogen (secondary N) is 1. The Morgan fingerprint density at radius 2 is 2.24 bits per heavy atom. The number of benzene rings is 1. The van der Waals surface area contributed by atoms with Crippen molar-refractivity contribution in [3.8, 4) is 5.88 Å². The summed E-state index contributed by atoms with van der Waals surface area (Å²) < 4.78 is 20.6. The number of aliphatic hydroxyl groups is 1. The summed E-state index contributed by atoms with van der Waals surface area (Å²) in [7, 11) is 0. The van der Waals surface area contributed by atoms with Crippen LogP contribution >= 0.6 is 0 Å². The van der Waals surface area contributed by atoms with Crippen LogP contribution < -0.4 is 15.3 Å². The number of aliphatic hydroxyl groups excluding tert-OH is 1. The fraction of sp³-hybridized carbons (Fsp3) is 0.353. The predicted octanol–water partition coefficient (Wildman–Crippen LogP) is 0.912. The molecule has 0 unspecified atom stereocenters. The fourth-order valence-electron chi connectivity index (χ4n) is 3.46. The van der Waals surface area contributed by atoms with E-state index in [-0.39, 0.29) is 35.9 Å². The number of ether oxygens (including phenoxy) is 1. The van der Waals surface area contributed by atoms with Gasteiger partial charge in [-0.1, -0.05) is 6.07 Å². The highest BCUT2D eigenvalue weighted by Crippen LogP contribution is 2.33. The summed E-state index contributed by atoms with van der Waals surface area (Å²) in [6.07, 6.45) is 1.20. The average molecular weight is 344 g/mol. The molecule has 0 bridgehead atoms. The van der Waals surface area contributed by atoms with Crippen molar-refractivity contribution in [3.05, 3.63) is 51.7 Å². The molecule has 2 N–H and O–H groups in total. The molecule has 130 valence electrons. The first-order chi connectivity index (χ1) is 12.0. The van der Waals surface area contributed by atoms with Crippen LogP contribution in [0.1, 0.15) is 17.5 Å². The van der Waals surface area contributed by atoms with Crippen LogP contribution in [0.25, 0.3) is 0 Å². The lowest BCUT2D eigenvalue weighted by atomic mass is 10.1. The van der Waals surface area contributed by atoms with Crippen molar-refractivity contribution < 1.29 is 14.2 Å². The number of fused-ring (bicyclic) bond motifs is 3. The molecule has 1 saturated heterocycles. The van der Waals surface area contributed by atoms with E-state index in [2.05, 4.69) is 4.98 Å². The Morgan fingerprint density at radius 1 is 1.40 bits per heavy atom. The molecule has 2 aliphatic rings. The zero-order chi connectivity index (χ0) is 17.6. The lowest BCUT2D eigenvalue weighted by molar-refractivity contribution is 0.192. The molecule has 3 heterocycles. The van der Waals surface area contributed by atoms with Gasteiger partial charge in [-0.2, -0.15) is 4.98 Å². The molecule has 1 aromatic heterocycles. The molecule has 1 fully saturated rings. The first kappa shape index (κ1) is 15.8. The first-order valence-corrected chi connectivity index (χ1v) is 8.03. The van der Waals surface area contributed by atoms with Crippen molar-refractivity contribution in [1.29, 1.82) is 5.41 Å². The number of anilines is 1. The summed E-state index contributed by atoms with van der Waals surface area (Å²) in [5, 5.41) is 17.0. The smallest absolute Gasteiger partial charge is 0.352 e. The highest BCUT2D eigenvalue weighted by atomic mass is 19.1. The van der Waals surface area contributed by atoms with E-state index >= 15 is 0 Å². The summed E-state index contributed by atoms with van der Waals surface area (Å²) in [5.74, 6) is 0.432. The van der Waals surface area contributed by atoms with Crippen molar-refractivity contribution >= 4 is 12.0 Å². The van der Waals surface area contributed by atoms with Gasteiger partial charge in [0.05, 0.1) is 12.1 Å². The van der Waals surface area contributed by atoms with Crippen LogP contribution in [0.3, 0.4) is 0 Å². The van der Waals surface area contributed by atoms with E-state index in [9.17, 15) is 14.3 Å². The molecule has 0 saturated carbocycles. The van der Waals surface area contributed by atoms with Crippen LogP contribution in [0.4, 0.5) is 10.2 Å². The minimum absolute atomic E-state index is 0.114. The van der Waals surface area contributed by atoms with E-state index in [4.69, 9.17) is 10.1 Å². The first-order valence-electron chi connectivity index (χ1n) is 8.03. The molecule has 25 heavy (non-hydrogen) atoms. The topological polar surface area (TPSA) is 91.4 Å². The molecule has 0 radical (unpaired) electrons. The van der Waals surface area contributed by atoms with E-state index < -0.39 is 5.82 Å². The van der Waals surface area contributed by atoms with Gasteiger partial charge in [0.1, 0.15) is 18.2 Å². The predicted molar refractivity (Wildman–Crippen MR) is 88.9 cm³/mol. The third-order valence-corrected chi connectivity index (χ3v) is 4.65. The Balaban J connectivity index is 1.56. The molecule has 0 aliphatic carbocycles. The molecule has 1 aromatic carbocycles. The van der Waals surface area contributed by atoms with Gasteiger partial charge in [-0.15, -0.1) is 0 Å². The molecule has 2 atom stereocenters. The largest absolute Gasteiger partial charge is 0.473 e. The van der Waals surface area contributed by atoms with Gasteiger partial charge in [0.2, 0.25) is 5.88 Å². The molecule has 2 aliphatic heterocycles. The number of nitrogens with zero attached hydrogens (tertiary/aromatic N) is 3. The second-order valence-electron chi connectivity index (χ2n) is 6.33. The Morgan fingerprint density at radius 3 is 3.04 bits per heavy atom. The van der Waals surface area contributed by atoms with E-state index in [1.807, 2.05) is 4.90 Å². The molecule has 2 aromatic rings. The minimum atomic E-state index is -0.466. The summed E-state index contributed by atoms with van der Waals surface area (Å²) in [6.45, 7) is 1.14. The third kappa shape index (κ3) is 2.78. The highest BCUT2D eigenvalue weighted by molar-refractivity contribution is 5.77. The van der Waals surface area contributed by atoms with Gasteiger partial charge in [0.25, 0.3) is 0 Å². The van der Waals surface area contributed by atoms with Gasteiger partial charge < -0.3 is 20.2 Å². The summed E-state index contributed by atoms with van der Waals surface area (Å²) in [6, 6.07) is 6.18. The average Bonchev–Trinajstić information content (AvgIpc) is 3.11. The maximum absolute atomic E-state index is 13.4. The summed E-state index contributed by atoms with van der Waals surface area (Å²) in [4.78, 5) is 18.2. The van der Waals surface area contributed by atoms with Crippen molar-refractivity contribution in [2.24, 2.45) is 0 Å². The normalized spacial score (nSPS) is 21.1. The Labute approximate surface area is 142 Å². The van der Waals surface area contributed by atoms with E-state index in [0.717, 1.165) is 6.21 Å². The van der Waals surface area contributed by atoms with Gasteiger partial charge in [-0.3, -0.25) is 4.57 Å². The van der Waals surface area contributed by atoms with Crippen LogP contribution in [-0.4, -0.2) is 39.6 Å². The number of aromatic nitrogens is 2. The van der Waals surface area contributed by atoms with Crippen LogP contribution in [0.5, 0.6) is 5.88 Å². The second-order valence-corrected chi connectivity index (χ2v) is 6.33. The van der Waals surface area contributed by atoms with Crippen LogP contribution in [0, 0.1) is 11.2 Å². The van der Waals surface area contributed by atoms with Crippen LogP contribution in [0.15, 0.2) is 29.1 Å². The zero-order valence-electron chi connectivity index (χ0n) is 13.4. The summed E-state index contributed by atoms with van der Waals surface area (Å²) >= 11 is 0. The van der Waals surface area contributed by atoms with Gasteiger partial charge in [-0.05, 0) is 24.1 Å². The maximum Gasteiger partial charge on any atom is 0.352 e. The molecule has 4 rings (SSSR count). The zero-order valence-corrected chi connectivity index (χ0v) is 13.4. The van der Waals surface area contributed by atoms with Gasteiger partial charge >= 0.3 is 5.69 Å². The van der Waals surface area contributed by atoms with Crippen molar-refractivity contribution in [1.82, 2.24) is 9.55 Å². The monoisotopic (exact) mass is 344 g/mol. The van der Waals surface area contributed by atoms with Gasteiger partial charge in [-0.25, -0.2) is 9.18 Å². The third-order valence-electron chi connectivity index (χ3n) is 4.65. The Bertz CT molecular complexity index is 898. The van der Waals surface area contributed by atoms with Crippen molar-refractivity contribution in [2.45, 2.75) is 31.7 Å². The second kappa shape index (κ2) is 5.96. The molecule has 8 heteroatoms. The molecular weight excluding hydrogens is 327 g/mol. The maximum atomic E-state index is 13.4. The Hall–Kier alpha value is -2.74. The SMILES string of the molecule is N=Cc1cc(COc2cc3n(c(=O)n2)C[C@@H]2C[C@H](O)CN32)ccc1F. The van der Waals surface area contributed by atoms with Crippen LogP contribution in [0.2, 0.25) is 0 Å². The van der Waals surface area contributed by atoms with Crippen molar-refractivity contribution in [2.75, 3.05) is 11.4 Å². The van der Waals surface area contributed by atoms with Crippen molar-refractivity contribution in [3.63, 3.8) is 0 Å². The Kier molecular flexibility index (Phi) is 3.76. The lowest BCUT2D eigenvalue weighted by Gasteiger charge is -2.17. The number of hydrogen-bond acceptors (Lipinski definition) is 6. The van der Waals surface area contributed by atoms with Gasteiger partial charge in [0.15, 0.2) is 0 Å². The summed E-state index contributed by atoms with van der Waals surface area (Å²) in [5.41, 5.74) is 0.476. The van der Waals surface area contributed by atoms with Gasteiger partial charge in [0, 0.05) is 30.9 Å². The molecule has 0 spiro atoms. The van der Waals surface area contributed by atoms with E-state index in [1.54, 1.807) is 16.7 Å². The van der Waals surface area contributed by atoms with E-state index in [0.29, 0.717) is 30.9 Å². The number of halogens is 1. The highest BCUT2D eigenvalue weighted by Gasteiger charge is 2.38. The number of rotatable bonds is 4. The van der Waals surface area contributed by atoms with Crippen LogP contribution in [-0.2, 0) is 13.2 Å². The standard InChI is InChI=1S/C17H17FN4O3/c18-14-2-1-10(3-11(14)6-19)9-25-15-5-16-21-8-13(23)4-12(21)7-22(16)17(24)20-15/h1-3,5-6,12-13,19,23H,4,7-9H2/t12-,13-/m0/s1. The minimum Gasteiger partial charge on any atom is -0.473 e. The fourth-order valence-corrected chi connectivity index (χ4v) is 3.46. The molecular formula is C17H17FN4O3. The molecule has 7 nitrogen and oxygen atoms in total. The quantitative estimate of drug-likeness (QED) is 0.805. The molecule has 0 amide bonds.